The van der Waals surface area contributed by atoms with Crippen LogP contribution in [0.25, 0.3) is 0 Å². The molecule has 0 atom stereocenters. The van der Waals surface area contributed by atoms with Crippen LogP contribution in [0.1, 0.15) is 22.8 Å². The summed E-state index contributed by atoms with van der Waals surface area (Å²) in [6.45, 7) is 1.44. The standard InChI is InChI=1S/C14H11N3O2/c1-9(18)12-6-11(16)3-4-13(12)19-14-5-2-10(7-15)8-17-14/h2-6,8H,16H2,1H3. The zero-order valence-corrected chi connectivity index (χ0v) is 10.3. The van der Waals surface area contributed by atoms with Gasteiger partial charge in [-0.1, -0.05) is 0 Å². The predicted molar refractivity (Wildman–Crippen MR) is 69.9 cm³/mol. The Hall–Kier alpha value is -2.87. The van der Waals surface area contributed by atoms with E-state index in [9.17, 15) is 4.79 Å². The van der Waals surface area contributed by atoms with Gasteiger partial charge in [0.15, 0.2) is 5.78 Å². The van der Waals surface area contributed by atoms with E-state index in [1.165, 1.54) is 13.1 Å². The molecule has 1 aromatic carbocycles. The Kier molecular flexibility index (Phi) is 3.44. The molecule has 5 heteroatoms. The third-order valence-corrected chi connectivity index (χ3v) is 2.46. The first-order chi connectivity index (χ1) is 9.10. The number of nitriles is 1. The molecule has 0 radical (unpaired) electrons. The quantitative estimate of drug-likeness (QED) is 0.670. The van der Waals surface area contributed by atoms with E-state index in [0.717, 1.165) is 0 Å². The summed E-state index contributed by atoms with van der Waals surface area (Å²) in [4.78, 5) is 15.5. The van der Waals surface area contributed by atoms with Crippen molar-refractivity contribution >= 4 is 11.5 Å². The topological polar surface area (TPSA) is 89.0 Å². The van der Waals surface area contributed by atoms with Gasteiger partial charge in [0.25, 0.3) is 0 Å². The fraction of sp³-hybridized carbons (Fsp3) is 0.0714. The summed E-state index contributed by atoms with van der Waals surface area (Å²) >= 11 is 0. The molecular formula is C14H11N3O2. The van der Waals surface area contributed by atoms with Gasteiger partial charge in [0.05, 0.1) is 11.1 Å². The zero-order chi connectivity index (χ0) is 13.8. The number of ether oxygens (including phenoxy) is 1. The molecule has 0 aliphatic carbocycles. The molecule has 1 heterocycles. The molecule has 0 unspecified atom stereocenters. The fourth-order valence-corrected chi connectivity index (χ4v) is 1.53. The molecule has 0 fully saturated rings. The van der Waals surface area contributed by atoms with Crippen molar-refractivity contribution in [1.82, 2.24) is 4.98 Å². The molecule has 2 rings (SSSR count). The Morgan fingerprint density at radius 3 is 2.74 bits per heavy atom. The molecule has 0 bridgehead atoms. The highest BCUT2D eigenvalue weighted by molar-refractivity contribution is 5.97. The van der Waals surface area contributed by atoms with Gasteiger partial charge in [-0.15, -0.1) is 0 Å². The van der Waals surface area contributed by atoms with Crippen LogP contribution in [-0.4, -0.2) is 10.8 Å². The number of nitrogens with two attached hydrogens (primary N) is 1. The molecule has 0 amide bonds. The van der Waals surface area contributed by atoms with Crippen LogP contribution in [0.2, 0.25) is 0 Å². The zero-order valence-electron chi connectivity index (χ0n) is 10.3. The smallest absolute Gasteiger partial charge is 0.219 e. The molecule has 94 valence electrons. The van der Waals surface area contributed by atoms with Crippen LogP contribution in [0, 0.1) is 11.3 Å². The molecule has 0 aliphatic heterocycles. The highest BCUT2D eigenvalue weighted by atomic mass is 16.5. The average Bonchev–Trinajstić information content (AvgIpc) is 2.41. The van der Waals surface area contributed by atoms with Gasteiger partial charge < -0.3 is 10.5 Å². The number of carbonyl (C=O) groups is 1. The Balaban J connectivity index is 2.32. The highest BCUT2D eigenvalue weighted by Crippen LogP contribution is 2.26. The minimum Gasteiger partial charge on any atom is -0.438 e. The molecule has 0 spiro atoms. The van der Waals surface area contributed by atoms with Crippen LogP contribution in [0.3, 0.4) is 0 Å². The van der Waals surface area contributed by atoms with Crippen molar-refractivity contribution in [2.75, 3.05) is 5.73 Å². The van der Waals surface area contributed by atoms with E-state index < -0.39 is 0 Å². The van der Waals surface area contributed by atoms with Crippen LogP contribution < -0.4 is 10.5 Å². The first kappa shape index (κ1) is 12.6. The van der Waals surface area contributed by atoms with Crippen molar-refractivity contribution in [3.8, 4) is 17.7 Å². The van der Waals surface area contributed by atoms with E-state index in [1.54, 1.807) is 30.3 Å². The minimum absolute atomic E-state index is 0.143. The van der Waals surface area contributed by atoms with Crippen LogP contribution in [0.4, 0.5) is 5.69 Å². The third kappa shape index (κ3) is 2.87. The molecule has 0 aliphatic rings. The molecule has 5 nitrogen and oxygen atoms in total. The van der Waals surface area contributed by atoms with Crippen LogP contribution >= 0.6 is 0 Å². The molecule has 1 aromatic heterocycles. The SMILES string of the molecule is CC(=O)c1cc(N)ccc1Oc1ccc(C#N)cn1. The summed E-state index contributed by atoms with van der Waals surface area (Å²) in [6.07, 6.45) is 1.40. The van der Waals surface area contributed by atoms with Gasteiger partial charge in [0.2, 0.25) is 5.88 Å². The molecule has 0 saturated heterocycles. The van der Waals surface area contributed by atoms with Gasteiger partial charge in [-0.3, -0.25) is 4.79 Å². The number of aromatic nitrogens is 1. The average molecular weight is 253 g/mol. The predicted octanol–water partition coefficient (Wildman–Crippen LogP) is 2.53. The number of pyridine rings is 1. The summed E-state index contributed by atoms with van der Waals surface area (Å²) in [6, 6.07) is 9.94. The maximum Gasteiger partial charge on any atom is 0.219 e. The number of hydrogen-bond donors (Lipinski definition) is 1. The fourth-order valence-electron chi connectivity index (χ4n) is 1.53. The highest BCUT2D eigenvalue weighted by Gasteiger charge is 2.10. The van der Waals surface area contributed by atoms with Gasteiger partial charge in [0, 0.05) is 18.0 Å². The van der Waals surface area contributed by atoms with Crippen molar-refractivity contribution in [2.24, 2.45) is 0 Å². The maximum absolute atomic E-state index is 11.5. The Labute approximate surface area is 110 Å². The van der Waals surface area contributed by atoms with Crippen LogP contribution in [0.15, 0.2) is 36.5 Å². The number of carbonyl (C=O) groups excluding carboxylic acids is 1. The normalized spacial score (nSPS) is 9.68. The maximum atomic E-state index is 11.5. The summed E-state index contributed by atoms with van der Waals surface area (Å²) in [5.41, 5.74) is 6.96. The largest absolute Gasteiger partial charge is 0.438 e. The lowest BCUT2D eigenvalue weighted by Gasteiger charge is -2.09. The number of rotatable bonds is 3. The Morgan fingerprint density at radius 2 is 2.16 bits per heavy atom. The first-order valence-electron chi connectivity index (χ1n) is 5.54. The van der Waals surface area contributed by atoms with Gasteiger partial charge in [0.1, 0.15) is 11.8 Å². The number of benzene rings is 1. The van der Waals surface area contributed by atoms with Crippen LogP contribution in [-0.2, 0) is 0 Å². The van der Waals surface area contributed by atoms with E-state index in [4.69, 9.17) is 15.7 Å². The number of nitrogen functional groups attached to an aromatic ring is 1. The van der Waals surface area contributed by atoms with Crippen molar-refractivity contribution in [3.05, 3.63) is 47.7 Å². The molecule has 19 heavy (non-hydrogen) atoms. The first-order valence-corrected chi connectivity index (χ1v) is 5.54. The van der Waals surface area contributed by atoms with Gasteiger partial charge >= 0.3 is 0 Å². The van der Waals surface area contributed by atoms with Gasteiger partial charge in [-0.25, -0.2) is 4.98 Å². The third-order valence-electron chi connectivity index (χ3n) is 2.46. The second-order valence-corrected chi connectivity index (χ2v) is 3.91. The molecule has 0 saturated carbocycles. The molecule has 2 aromatic rings. The monoisotopic (exact) mass is 253 g/mol. The second kappa shape index (κ2) is 5.19. The lowest BCUT2D eigenvalue weighted by atomic mass is 10.1. The Bertz CT molecular complexity index is 657. The number of anilines is 1. The van der Waals surface area contributed by atoms with E-state index in [2.05, 4.69) is 4.98 Å². The lowest BCUT2D eigenvalue weighted by molar-refractivity contribution is 0.101. The van der Waals surface area contributed by atoms with Crippen LogP contribution in [0.5, 0.6) is 11.6 Å². The van der Waals surface area contributed by atoms with E-state index in [0.29, 0.717) is 28.4 Å². The Morgan fingerprint density at radius 1 is 1.37 bits per heavy atom. The number of Topliss-reactive ketones (excluding diaryl/α,β-unsaturated/α-hetero) is 1. The van der Waals surface area contributed by atoms with Gasteiger partial charge in [-0.2, -0.15) is 5.26 Å². The summed E-state index contributed by atoms with van der Waals surface area (Å²) in [5.74, 6) is 0.557. The summed E-state index contributed by atoms with van der Waals surface area (Å²) < 4.78 is 5.53. The van der Waals surface area contributed by atoms with E-state index in [1.807, 2.05) is 6.07 Å². The van der Waals surface area contributed by atoms with Crippen molar-refractivity contribution in [2.45, 2.75) is 6.92 Å². The second-order valence-electron chi connectivity index (χ2n) is 3.91. The van der Waals surface area contributed by atoms with E-state index in [-0.39, 0.29) is 5.78 Å². The summed E-state index contributed by atoms with van der Waals surface area (Å²) in [5, 5.41) is 8.68. The number of hydrogen-bond acceptors (Lipinski definition) is 5. The molecular weight excluding hydrogens is 242 g/mol. The minimum atomic E-state index is -0.143. The van der Waals surface area contributed by atoms with Crippen molar-refractivity contribution in [1.29, 1.82) is 5.26 Å². The summed E-state index contributed by atoms with van der Waals surface area (Å²) in [7, 11) is 0. The van der Waals surface area contributed by atoms with E-state index >= 15 is 0 Å². The number of ketones is 1. The van der Waals surface area contributed by atoms with Crippen molar-refractivity contribution < 1.29 is 9.53 Å². The van der Waals surface area contributed by atoms with Gasteiger partial charge in [-0.05, 0) is 31.2 Å². The number of nitrogens with zero attached hydrogens (tertiary/aromatic N) is 2. The van der Waals surface area contributed by atoms with Crippen molar-refractivity contribution in [3.63, 3.8) is 0 Å². The lowest BCUT2D eigenvalue weighted by Crippen LogP contribution is -1.99. The molecule has 2 N–H and O–H groups in total.